The Hall–Kier alpha value is -2.85. The van der Waals surface area contributed by atoms with Gasteiger partial charge in [0.05, 0.1) is 11.8 Å². The van der Waals surface area contributed by atoms with Gasteiger partial charge in [0.25, 0.3) is 0 Å². The van der Waals surface area contributed by atoms with E-state index in [0.29, 0.717) is 5.02 Å². The van der Waals surface area contributed by atoms with Crippen molar-refractivity contribution in [3.8, 4) is 5.75 Å². The first-order valence-electron chi connectivity index (χ1n) is 8.82. The second-order valence-corrected chi connectivity index (χ2v) is 7.15. The van der Waals surface area contributed by atoms with Crippen molar-refractivity contribution in [1.29, 1.82) is 0 Å². The summed E-state index contributed by atoms with van der Waals surface area (Å²) < 4.78 is 20.0. The second kappa shape index (κ2) is 6.39. The number of para-hydroxylation sites is 1. The second-order valence-electron chi connectivity index (χ2n) is 6.72. The molecule has 0 fully saturated rings. The number of hydrazone groups is 1. The minimum absolute atomic E-state index is 0.0499. The first-order valence-corrected chi connectivity index (χ1v) is 9.19. The molecule has 5 rings (SSSR count). The maximum absolute atomic E-state index is 13.8. The molecule has 2 atom stereocenters. The molecule has 3 aromatic rings. The summed E-state index contributed by atoms with van der Waals surface area (Å²) in [6.07, 6.45) is 0.291. The molecule has 2 heterocycles. The molecule has 0 N–H and O–H groups in total. The predicted octanol–water partition coefficient (Wildman–Crippen LogP) is 5.72. The highest BCUT2D eigenvalue weighted by atomic mass is 35.5. The molecule has 134 valence electrons. The molecule has 3 nitrogen and oxygen atoms in total. The summed E-state index contributed by atoms with van der Waals surface area (Å²) in [7, 11) is 0. The molecule has 0 saturated carbocycles. The summed E-state index contributed by atoms with van der Waals surface area (Å²) in [5.41, 5.74) is 3.84. The van der Waals surface area contributed by atoms with Gasteiger partial charge < -0.3 is 4.74 Å². The Labute approximate surface area is 161 Å². The fourth-order valence-corrected chi connectivity index (χ4v) is 3.86. The van der Waals surface area contributed by atoms with Crippen molar-refractivity contribution < 1.29 is 9.13 Å². The van der Waals surface area contributed by atoms with Gasteiger partial charge in [0.1, 0.15) is 11.6 Å². The molecule has 0 unspecified atom stereocenters. The van der Waals surface area contributed by atoms with Crippen molar-refractivity contribution in [3.63, 3.8) is 0 Å². The van der Waals surface area contributed by atoms with Crippen LogP contribution in [0.3, 0.4) is 0 Å². The van der Waals surface area contributed by atoms with E-state index in [2.05, 4.69) is 6.07 Å². The van der Waals surface area contributed by atoms with Crippen molar-refractivity contribution in [2.24, 2.45) is 5.10 Å². The van der Waals surface area contributed by atoms with Gasteiger partial charge in [-0.05, 0) is 35.9 Å². The molecule has 0 saturated heterocycles. The number of ether oxygens (including phenoxy) is 1. The van der Waals surface area contributed by atoms with Gasteiger partial charge in [-0.3, -0.25) is 0 Å². The maximum Gasteiger partial charge on any atom is 0.213 e. The van der Waals surface area contributed by atoms with Crippen LogP contribution in [0.15, 0.2) is 77.9 Å². The van der Waals surface area contributed by atoms with Crippen LogP contribution in [-0.4, -0.2) is 10.7 Å². The van der Waals surface area contributed by atoms with E-state index in [1.165, 1.54) is 12.1 Å². The van der Waals surface area contributed by atoms with Crippen molar-refractivity contribution in [2.75, 3.05) is 0 Å². The van der Waals surface area contributed by atoms with Gasteiger partial charge >= 0.3 is 0 Å². The van der Waals surface area contributed by atoms with Gasteiger partial charge in [-0.25, -0.2) is 9.40 Å². The number of halogens is 2. The average Bonchev–Trinajstić information content (AvgIpc) is 3.13. The van der Waals surface area contributed by atoms with Crippen molar-refractivity contribution in [3.05, 3.63) is 100 Å². The minimum Gasteiger partial charge on any atom is -0.464 e. The smallest absolute Gasteiger partial charge is 0.213 e. The fourth-order valence-electron chi connectivity index (χ4n) is 3.73. The lowest BCUT2D eigenvalue weighted by Crippen LogP contribution is -2.33. The number of hydrogen-bond acceptors (Lipinski definition) is 3. The SMILES string of the molecule is Fc1cccc([C@@H]2Oc3ccccc3[C@H]3CC(c4ccc(Cl)cc4)=NN32)c1. The van der Waals surface area contributed by atoms with Crippen LogP contribution in [0, 0.1) is 5.82 Å². The molecule has 27 heavy (non-hydrogen) atoms. The Morgan fingerprint density at radius 2 is 1.81 bits per heavy atom. The van der Waals surface area contributed by atoms with E-state index < -0.39 is 6.23 Å². The number of fused-ring (bicyclic) bond motifs is 3. The Kier molecular flexibility index (Phi) is 3.87. The van der Waals surface area contributed by atoms with Crippen molar-refractivity contribution in [2.45, 2.75) is 18.7 Å². The normalized spacial score (nSPS) is 20.5. The van der Waals surface area contributed by atoms with Gasteiger partial charge in [-0.15, -0.1) is 0 Å². The summed E-state index contributed by atoms with van der Waals surface area (Å²) in [4.78, 5) is 0. The van der Waals surface area contributed by atoms with E-state index in [1.54, 1.807) is 6.07 Å². The highest BCUT2D eigenvalue weighted by Crippen LogP contribution is 2.47. The van der Waals surface area contributed by atoms with Crippen LogP contribution in [0.25, 0.3) is 0 Å². The topological polar surface area (TPSA) is 24.8 Å². The fraction of sp³-hybridized carbons (Fsp3) is 0.136. The Morgan fingerprint density at radius 3 is 2.63 bits per heavy atom. The van der Waals surface area contributed by atoms with Crippen LogP contribution < -0.4 is 4.74 Å². The number of rotatable bonds is 2. The Bertz CT molecular complexity index is 1030. The summed E-state index contributed by atoms with van der Waals surface area (Å²) in [6, 6.07) is 22.2. The third-order valence-electron chi connectivity index (χ3n) is 5.01. The molecule has 0 aliphatic carbocycles. The number of benzene rings is 3. The van der Waals surface area contributed by atoms with Gasteiger partial charge in [0, 0.05) is 22.6 Å². The van der Waals surface area contributed by atoms with E-state index in [1.807, 2.05) is 53.5 Å². The Morgan fingerprint density at radius 1 is 1.00 bits per heavy atom. The maximum atomic E-state index is 13.8. The number of hydrogen-bond donors (Lipinski definition) is 0. The van der Waals surface area contributed by atoms with Crippen molar-refractivity contribution in [1.82, 2.24) is 5.01 Å². The quantitative estimate of drug-likeness (QED) is 0.569. The van der Waals surface area contributed by atoms with Crippen LogP contribution in [-0.2, 0) is 0 Å². The van der Waals surface area contributed by atoms with Gasteiger partial charge in [0.2, 0.25) is 6.23 Å². The van der Waals surface area contributed by atoms with E-state index in [0.717, 1.165) is 34.6 Å². The third kappa shape index (κ3) is 2.86. The molecule has 2 aliphatic rings. The summed E-state index contributed by atoms with van der Waals surface area (Å²) in [6.45, 7) is 0. The zero-order chi connectivity index (χ0) is 18.4. The molecular formula is C22H16ClFN2O. The van der Waals surface area contributed by atoms with Gasteiger partial charge in [-0.1, -0.05) is 54.1 Å². The summed E-state index contributed by atoms with van der Waals surface area (Å²) in [5, 5.41) is 7.50. The molecule has 0 aromatic heterocycles. The van der Waals surface area contributed by atoms with E-state index >= 15 is 0 Å². The van der Waals surface area contributed by atoms with E-state index in [9.17, 15) is 4.39 Å². The highest BCUT2D eigenvalue weighted by Gasteiger charge is 2.40. The molecule has 5 heteroatoms. The first kappa shape index (κ1) is 16.3. The third-order valence-corrected chi connectivity index (χ3v) is 5.26. The summed E-state index contributed by atoms with van der Waals surface area (Å²) >= 11 is 6.02. The zero-order valence-electron chi connectivity index (χ0n) is 14.3. The van der Waals surface area contributed by atoms with E-state index in [-0.39, 0.29) is 11.9 Å². The molecule has 3 aromatic carbocycles. The van der Waals surface area contributed by atoms with Crippen LogP contribution in [0.1, 0.15) is 35.4 Å². The van der Waals surface area contributed by atoms with Crippen LogP contribution in [0.4, 0.5) is 4.39 Å². The van der Waals surface area contributed by atoms with Crippen LogP contribution in [0.2, 0.25) is 5.02 Å². The highest BCUT2D eigenvalue weighted by molar-refractivity contribution is 6.30. The van der Waals surface area contributed by atoms with Gasteiger partial charge in [0.15, 0.2) is 0 Å². The molecule has 0 radical (unpaired) electrons. The van der Waals surface area contributed by atoms with Crippen molar-refractivity contribution >= 4 is 17.3 Å². The Balaban J connectivity index is 1.60. The largest absolute Gasteiger partial charge is 0.464 e. The lowest BCUT2D eigenvalue weighted by Gasteiger charge is -2.38. The first-order chi connectivity index (χ1) is 13.2. The molecule has 0 amide bonds. The monoisotopic (exact) mass is 378 g/mol. The molecular weight excluding hydrogens is 363 g/mol. The predicted molar refractivity (Wildman–Crippen MR) is 103 cm³/mol. The standard InChI is InChI=1S/C22H16ClFN2O/c23-16-10-8-14(9-11-16)19-13-20-18-6-1-2-7-21(18)27-22(26(20)25-19)15-4-3-5-17(24)12-15/h1-12,20,22H,13H2/t20-,22+/m1/s1. The van der Waals surface area contributed by atoms with Crippen LogP contribution >= 0.6 is 11.6 Å². The number of nitrogens with zero attached hydrogens (tertiary/aromatic N) is 2. The molecule has 0 bridgehead atoms. The zero-order valence-corrected chi connectivity index (χ0v) is 15.1. The lowest BCUT2D eigenvalue weighted by molar-refractivity contribution is -0.0192. The average molecular weight is 379 g/mol. The lowest BCUT2D eigenvalue weighted by atomic mass is 9.96. The van der Waals surface area contributed by atoms with Crippen LogP contribution in [0.5, 0.6) is 5.75 Å². The minimum atomic E-state index is -0.467. The van der Waals surface area contributed by atoms with Gasteiger partial charge in [-0.2, -0.15) is 5.10 Å². The summed E-state index contributed by atoms with van der Waals surface area (Å²) in [5.74, 6) is 0.535. The van der Waals surface area contributed by atoms with E-state index in [4.69, 9.17) is 21.4 Å². The molecule has 2 aliphatic heterocycles. The molecule has 0 spiro atoms.